The zero-order chi connectivity index (χ0) is 19.3. The van der Waals surface area contributed by atoms with Crippen LogP contribution in [0.25, 0.3) is 11.0 Å². The number of imidazole rings is 1. The van der Waals surface area contributed by atoms with E-state index in [4.69, 9.17) is 32.9 Å². The second-order valence-electron chi connectivity index (χ2n) is 7.40. The molecule has 0 saturated carbocycles. The van der Waals surface area contributed by atoms with Gasteiger partial charge in [0, 0.05) is 11.1 Å². The first kappa shape index (κ1) is 19.6. The molecule has 1 saturated heterocycles. The van der Waals surface area contributed by atoms with Crippen LogP contribution in [0.5, 0.6) is 5.75 Å². The van der Waals surface area contributed by atoms with Crippen LogP contribution in [0.2, 0.25) is 10.0 Å². The van der Waals surface area contributed by atoms with Crippen LogP contribution in [-0.2, 0) is 13.0 Å². The number of nitrogens with one attached hydrogen (secondary N) is 2. The van der Waals surface area contributed by atoms with Gasteiger partial charge in [-0.05, 0) is 68.5 Å². The Morgan fingerprint density at radius 2 is 2.07 bits per heavy atom. The van der Waals surface area contributed by atoms with Crippen LogP contribution in [0.4, 0.5) is 0 Å². The van der Waals surface area contributed by atoms with Gasteiger partial charge in [0.2, 0.25) is 0 Å². The van der Waals surface area contributed by atoms with Crippen molar-refractivity contribution >= 4 is 34.2 Å². The second-order valence-corrected chi connectivity index (χ2v) is 8.24. The van der Waals surface area contributed by atoms with Crippen molar-refractivity contribution in [1.29, 1.82) is 0 Å². The highest BCUT2D eigenvalue weighted by molar-refractivity contribution is 6.35. The van der Waals surface area contributed by atoms with Crippen molar-refractivity contribution < 1.29 is 4.74 Å². The molecule has 148 valence electrons. The number of benzene rings is 2. The van der Waals surface area contributed by atoms with Gasteiger partial charge in [0.15, 0.2) is 0 Å². The van der Waals surface area contributed by atoms with E-state index in [1.165, 1.54) is 44.2 Å². The van der Waals surface area contributed by atoms with Gasteiger partial charge in [-0.2, -0.15) is 0 Å². The molecule has 4 rings (SSSR count). The highest BCUT2D eigenvalue weighted by atomic mass is 35.5. The van der Waals surface area contributed by atoms with E-state index in [0.29, 0.717) is 28.4 Å². The summed E-state index contributed by atoms with van der Waals surface area (Å²) in [4.78, 5) is 8.13. The third-order valence-electron chi connectivity index (χ3n) is 5.31. The molecule has 6 heteroatoms. The van der Waals surface area contributed by atoms with Gasteiger partial charge in [-0.15, -0.1) is 0 Å². The van der Waals surface area contributed by atoms with Gasteiger partial charge in [0.1, 0.15) is 18.2 Å². The highest BCUT2D eigenvalue weighted by Crippen LogP contribution is 2.28. The number of halogens is 2. The van der Waals surface area contributed by atoms with E-state index in [1.54, 1.807) is 18.2 Å². The van der Waals surface area contributed by atoms with Crippen LogP contribution in [0.1, 0.15) is 43.5 Å². The molecule has 0 radical (unpaired) electrons. The molecule has 1 fully saturated rings. The number of nitrogens with zero attached hydrogens (tertiary/aromatic N) is 1. The number of piperidine rings is 1. The third kappa shape index (κ3) is 4.80. The summed E-state index contributed by atoms with van der Waals surface area (Å²) in [7, 11) is 0. The smallest absolute Gasteiger partial charge is 0.146 e. The van der Waals surface area contributed by atoms with E-state index >= 15 is 0 Å². The van der Waals surface area contributed by atoms with Crippen LogP contribution >= 0.6 is 23.2 Å². The fraction of sp³-hybridized carbons (Fsp3) is 0.409. The molecular formula is C22H25Cl2N3O. The molecule has 1 aromatic heterocycles. The average molecular weight is 418 g/mol. The minimum absolute atomic E-state index is 0.335. The highest BCUT2D eigenvalue weighted by Gasteiger charge is 2.13. The van der Waals surface area contributed by atoms with Gasteiger partial charge in [0.25, 0.3) is 0 Å². The Hall–Kier alpha value is -1.75. The number of hydrogen-bond donors (Lipinski definition) is 2. The molecule has 4 nitrogen and oxygen atoms in total. The lowest BCUT2D eigenvalue weighted by atomic mass is 9.98. The predicted octanol–water partition coefficient (Wildman–Crippen LogP) is 5.91. The molecule has 0 spiro atoms. The Labute approximate surface area is 175 Å². The Kier molecular flexibility index (Phi) is 6.40. The summed E-state index contributed by atoms with van der Waals surface area (Å²) in [6, 6.07) is 12.2. The molecule has 0 bridgehead atoms. The van der Waals surface area contributed by atoms with Crippen molar-refractivity contribution in [2.45, 2.75) is 51.2 Å². The van der Waals surface area contributed by atoms with E-state index < -0.39 is 0 Å². The van der Waals surface area contributed by atoms with Crippen LogP contribution in [-0.4, -0.2) is 22.6 Å². The summed E-state index contributed by atoms with van der Waals surface area (Å²) in [6.45, 7) is 1.50. The number of H-pyrrole nitrogens is 1. The Balaban J connectivity index is 1.40. The normalized spacial score (nSPS) is 17.1. The van der Waals surface area contributed by atoms with E-state index in [9.17, 15) is 0 Å². The first-order chi connectivity index (χ1) is 13.7. The molecule has 2 heterocycles. The lowest BCUT2D eigenvalue weighted by Gasteiger charge is -2.23. The predicted molar refractivity (Wildman–Crippen MR) is 115 cm³/mol. The Bertz CT molecular complexity index is 935. The molecule has 1 aliphatic heterocycles. The van der Waals surface area contributed by atoms with Gasteiger partial charge in [0.05, 0.1) is 16.1 Å². The average Bonchev–Trinajstić information content (AvgIpc) is 3.12. The summed E-state index contributed by atoms with van der Waals surface area (Å²) in [5, 5.41) is 4.72. The van der Waals surface area contributed by atoms with Crippen LogP contribution in [0.15, 0.2) is 36.4 Å². The number of aromatic amines is 1. The van der Waals surface area contributed by atoms with E-state index in [2.05, 4.69) is 28.5 Å². The van der Waals surface area contributed by atoms with Crippen molar-refractivity contribution in [2.75, 3.05) is 6.54 Å². The number of fused-ring (bicyclic) bond motifs is 1. The molecule has 2 aromatic carbocycles. The van der Waals surface area contributed by atoms with E-state index in [1.807, 2.05) is 0 Å². The molecular weight excluding hydrogens is 393 g/mol. The maximum absolute atomic E-state index is 6.18. The number of hydrogen-bond acceptors (Lipinski definition) is 3. The maximum Gasteiger partial charge on any atom is 0.146 e. The molecule has 1 unspecified atom stereocenters. The number of aryl methyl sites for hydroxylation is 1. The lowest BCUT2D eigenvalue weighted by Crippen LogP contribution is -2.33. The molecule has 28 heavy (non-hydrogen) atoms. The standard InChI is InChI=1S/C22H25Cl2N3O/c23-16-10-11-20(18(24)13-16)28-14-21-26-19-9-4-6-15(22(19)27-21)5-3-8-17-7-1-2-12-25-17/h4,6,9-11,13,17,25H,1-3,5,7-8,12,14H2,(H,26,27). The fourth-order valence-electron chi connectivity index (χ4n) is 3.86. The van der Waals surface area contributed by atoms with Gasteiger partial charge in [-0.3, -0.25) is 0 Å². The Morgan fingerprint density at radius 1 is 1.14 bits per heavy atom. The van der Waals surface area contributed by atoms with Gasteiger partial charge < -0.3 is 15.0 Å². The monoisotopic (exact) mass is 417 g/mol. The summed E-state index contributed by atoms with van der Waals surface area (Å²) in [5.41, 5.74) is 3.38. The molecule has 0 aliphatic carbocycles. The summed E-state index contributed by atoms with van der Waals surface area (Å²) in [6.07, 6.45) is 7.43. The zero-order valence-corrected chi connectivity index (χ0v) is 17.3. The van der Waals surface area contributed by atoms with Crippen molar-refractivity contribution in [3.8, 4) is 5.75 Å². The first-order valence-electron chi connectivity index (χ1n) is 9.97. The van der Waals surface area contributed by atoms with Crippen molar-refractivity contribution in [1.82, 2.24) is 15.3 Å². The summed E-state index contributed by atoms with van der Waals surface area (Å²) >= 11 is 12.1. The fourth-order valence-corrected chi connectivity index (χ4v) is 4.32. The second kappa shape index (κ2) is 9.17. The largest absolute Gasteiger partial charge is 0.484 e. The number of rotatable bonds is 7. The summed E-state index contributed by atoms with van der Waals surface area (Å²) in [5.74, 6) is 1.40. The van der Waals surface area contributed by atoms with Gasteiger partial charge >= 0.3 is 0 Å². The van der Waals surface area contributed by atoms with Gasteiger partial charge in [-0.25, -0.2) is 4.98 Å². The third-order valence-corrected chi connectivity index (χ3v) is 5.85. The van der Waals surface area contributed by atoms with Crippen molar-refractivity contribution in [3.63, 3.8) is 0 Å². The van der Waals surface area contributed by atoms with E-state index in [0.717, 1.165) is 23.3 Å². The maximum atomic E-state index is 6.18. The molecule has 2 N–H and O–H groups in total. The SMILES string of the molecule is Clc1ccc(OCc2nc3c(CCCC4CCCCN4)cccc3[nH]2)c(Cl)c1. The van der Waals surface area contributed by atoms with Crippen LogP contribution in [0, 0.1) is 0 Å². The molecule has 1 atom stereocenters. The topological polar surface area (TPSA) is 49.9 Å². The molecule has 1 aliphatic rings. The first-order valence-corrected chi connectivity index (χ1v) is 10.7. The van der Waals surface area contributed by atoms with E-state index in [-0.39, 0.29) is 0 Å². The zero-order valence-electron chi connectivity index (χ0n) is 15.8. The molecule has 3 aromatic rings. The van der Waals surface area contributed by atoms with Gasteiger partial charge in [-0.1, -0.05) is 41.8 Å². The number of ether oxygens (including phenoxy) is 1. The lowest BCUT2D eigenvalue weighted by molar-refractivity contribution is 0.297. The van der Waals surface area contributed by atoms with Crippen LogP contribution < -0.4 is 10.1 Å². The number of aromatic nitrogens is 2. The summed E-state index contributed by atoms with van der Waals surface area (Å²) < 4.78 is 5.82. The minimum Gasteiger partial charge on any atom is -0.484 e. The minimum atomic E-state index is 0.335. The molecule has 0 amide bonds. The Morgan fingerprint density at radius 3 is 2.89 bits per heavy atom. The van der Waals surface area contributed by atoms with Crippen molar-refractivity contribution in [3.05, 3.63) is 57.8 Å². The van der Waals surface area contributed by atoms with Crippen molar-refractivity contribution in [2.24, 2.45) is 0 Å². The van der Waals surface area contributed by atoms with Crippen LogP contribution in [0.3, 0.4) is 0 Å². The number of para-hydroxylation sites is 1. The quantitative estimate of drug-likeness (QED) is 0.501.